The van der Waals surface area contributed by atoms with Crippen molar-refractivity contribution in [3.63, 3.8) is 0 Å². The molecule has 1 saturated carbocycles. The summed E-state index contributed by atoms with van der Waals surface area (Å²) in [6, 6.07) is 10.4. The predicted molar refractivity (Wildman–Crippen MR) is 61.6 cm³/mol. The lowest BCUT2D eigenvalue weighted by atomic mass is 10.1. The summed E-state index contributed by atoms with van der Waals surface area (Å²) in [6.45, 7) is 3.17. The molecule has 1 fully saturated rings. The number of nitrogens with zero attached hydrogens (tertiary/aromatic N) is 1. The molecular weight excluding hydrogens is 214 g/mol. The van der Waals surface area contributed by atoms with Gasteiger partial charge in [-0.25, -0.2) is 0 Å². The van der Waals surface area contributed by atoms with Gasteiger partial charge < -0.3 is 9.47 Å². The van der Waals surface area contributed by atoms with Crippen LogP contribution in [0, 0.1) is 23.2 Å². The number of rotatable bonds is 1. The zero-order chi connectivity index (χ0) is 11.9. The molecule has 2 unspecified atom stereocenters. The summed E-state index contributed by atoms with van der Waals surface area (Å²) in [6.07, 6.45) is 0.925. The summed E-state index contributed by atoms with van der Waals surface area (Å²) in [5.74, 6) is -0.522. The average Bonchev–Trinajstić information content (AvgIpc) is 3.06. The van der Waals surface area contributed by atoms with Crippen molar-refractivity contribution in [3.05, 3.63) is 35.4 Å². The molecule has 3 rings (SSSR count). The van der Waals surface area contributed by atoms with Crippen molar-refractivity contribution in [3.8, 4) is 6.07 Å². The number of ether oxygens (including phenoxy) is 2. The molecule has 17 heavy (non-hydrogen) atoms. The smallest absolute Gasteiger partial charge is 0.189 e. The van der Waals surface area contributed by atoms with Crippen LogP contribution in [0.2, 0.25) is 0 Å². The summed E-state index contributed by atoms with van der Waals surface area (Å²) in [5.41, 5.74) is 2.34. The van der Waals surface area contributed by atoms with Gasteiger partial charge in [0.1, 0.15) is 5.92 Å². The van der Waals surface area contributed by atoms with E-state index in [0.29, 0.717) is 13.2 Å². The maximum atomic E-state index is 9.12. The first-order chi connectivity index (χ1) is 8.31. The highest BCUT2D eigenvalue weighted by Crippen LogP contribution is 2.57. The van der Waals surface area contributed by atoms with Crippen molar-refractivity contribution in [2.75, 3.05) is 0 Å². The highest BCUT2D eigenvalue weighted by Gasteiger charge is 2.68. The highest BCUT2D eigenvalue weighted by molar-refractivity contribution is 5.28. The minimum absolute atomic E-state index is 0.109. The Morgan fingerprint density at radius 2 is 1.88 bits per heavy atom. The molecule has 0 radical (unpaired) electrons. The first-order valence-corrected chi connectivity index (χ1v) is 6.06. The largest absolute Gasteiger partial charge is 0.344 e. The van der Waals surface area contributed by atoms with Crippen molar-refractivity contribution >= 4 is 0 Å². The maximum absolute atomic E-state index is 9.12. The van der Waals surface area contributed by atoms with E-state index in [9.17, 15) is 0 Å². The van der Waals surface area contributed by atoms with Gasteiger partial charge in [-0.3, -0.25) is 0 Å². The molecule has 1 heterocycles. The molecule has 3 heteroatoms. The Balaban J connectivity index is 1.85. The van der Waals surface area contributed by atoms with E-state index >= 15 is 0 Å². The molecule has 0 amide bonds. The second kappa shape index (κ2) is 3.83. The zero-order valence-corrected chi connectivity index (χ0v) is 9.85. The molecule has 2 aliphatic rings. The molecule has 1 spiro atoms. The summed E-state index contributed by atoms with van der Waals surface area (Å²) in [4.78, 5) is 0. The summed E-state index contributed by atoms with van der Waals surface area (Å²) in [7, 11) is 0. The fraction of sp³-hybridized carbons (Fsp3) is 0.500. The number of hydrogen-bond donors (Lipinski definition) is 0. The van der Waals surface area contributed by atoms with Crippen molar-refractivity contribution in [2.45, 2.75) is 32.3 Å². The van der Waals surface area contributed by atoms with Crippen molar-refractivity contribution < 1.29 is 9.47 Å². The summed E-state index contributed by atoms with van der Waals surface area (Å²) in [5, 5.41) is 9.12. The van der Waals surface area contributed by atoms with Gasteiger partial charge in [-0.2, -0.15) is 5.26 Å². The van der Waals surface area contributed by atoms with Gasteiger partial charge in [-0.1, -0.05) is 31.2 Å². The van der Waals surface area contributed by atoms with Gasteiger partial charge in [0.25, 0.3) is 0 Å². The van der Waals surface area contributed by atoms with Crippen molar-refractivity contribution in [2.24, 2.45) is 11.8 Å². The Morgan fingerprint density at radius 1 is 1.29 bits per heavy atom. The van der Waals surface area contributed by atoms with Crippen LogP contribution in [-0.2, 0) is 22.7 Å². The molecule has 1 aromatic rings. The van der Waals surface area contributed by atoms with Gasteiger partial charge in [0.2, 0.25) is 0 Å². The molecule has 1 aromatic carbocycles. The van der Waals surface area contributed by atoms with Crippen LogP contribution in [0.25, 0.3) is 0 Å². The Morgan fingerprint density at radius 3 is 2.29 bits per heavy atom. The molecule has 1 aliphatic carbocycles. The van der Waals surface area contributed by atoms with E-state index in [-0.39, 0.29) is 11.8 Å². The lowest BCUT2D eigenvalue weighted by Gasteiger charge is -2.15. The maximum Gasteiger partial charge on any atom is 0.189 e. The fourth-order valence-electron chi connectivity index (χ4n) is 2.76. The third-order valence-corrected chi connectivity index (χ3v) is 3.85. The van der Waals surface area contributed by atoms with E-state index in [0.717, 1.165) is 6.42 Å². The predicted octanol–water partition coefficient (Wildman–Crippen LogP) is 2.61. The van der Waals surface area contributed by atoms with Crippen LogP contribution in [0.15, 0.2) is 24.3 Å². The van der Waals surface area contributed by atoms with E-state index in [2.05, 4.69) is 25.1 Å². The first kappa shape index (κ1) is 10.8. The Kier molecular flexibility index (Phi) is 2.43. The third kappa shape index (κ3) is 1.49. The molecule has 2 atom stereocenters. The minimum atomic E-state index is -0.636. The number of benzene rings is 1. The van der Waals surface area contributed by atoms with Gasteiger partial charge in [0.05, 0.1) is 19.3 Å². The van der Waals surface area contributed by atoms with Crippen LogP contribution < -0.4 is 0 Å². The zero-order valence-electron chi connectivity index (χ0n) is 9.85. The monoisotopic (exact) mass is 229 g/mol. The van der Waals surface area contributed by atoms with Crippen LogP contribution in [0.5, 0.6) is 0 Å². The first-order valence-electron chi connectivity index (χ1n) is 6.06. The molecule has 0 bridgehead atoms. The van der Waals surface area contributed by atoms with Gasteiger partial charge in [-0.05, 0) is 17.5 Å². The molecule has 88 valence electrons. The van der Waals surface area contributed by atoms with Gasteiger partial charge >= 0.3 is 0 Å². The molecule has 1 aliphatic heterocycles. The second-order valence-corrected chi connectivity index (χ2v) is 4.69. The van der Waals surface area contributed by atoms with E-state index < -0.39 is 5.79 Å². The van der Waals surface area contributed by atoms with Gasteiger partial charge in [-0.15, -0.1) is 0 Å². The van der Waals surface area contributed by atoms with Crippen LogP contribution >= 0.6 is 0 Å². The van der Waals surface area contributed by atoms with E-state index in [1.54, 1.807) is 0 Å². The fourth-order valence-corrected chi connectivity index (χ4v) is 2.76. The van der Waals surface area contributed by atoms with E-state index in [1.807, 2.05) is 12.1 Å². The highest BCUT2D eigenvalue weighted by atomic mass is 16.7. The average molecular weight is 229 g/mol. The standard InChI is InChI=1S/C14H15NO2/c1-2-12-13(7-15)14(12)16-8-10-5-3-4-6-11(10)9-17-14/h3-6,12-13H,2,8-9H2,1H3. The van der Waals surface area contributed by atoms with Crippen LogP contribution in [0.1, 0.15) is 24.5 Å². The second-order valence-electron chi connectivity index (χ2n) is 4.69. The van der Waals surface area contributed by atoms with Gasteiger partial charge in [0.15, 0.2) is 5.79 Å². The minimum Gasteiger partial charge on any atom is -0.344 e. The Hall–Kier alpha value is -1.37. The van der Waals surface area contributed by atoms with Crippen LogP contribution in [0.4, 0.5) is 0 Å². The normalized spacial score (nSPS) is 29.2. The van der Waals surface area contributed by atoms with Crippen LogP contribution in [-0.4, -0.2) is 5.79 Å². The molecule has 3 nitrogen and oxygen atoms in total. The number of hydrogen-bond acceptors (Lipinski definition) is 3. The summed E-state index contributed by atoms with van der Waals surface area (Å²) < 4.78 is 11.8. The third-order valence-electron chi connectivity index (χ3n) is 3.85. The van der Waals surface area contributed by atoms with Crippen LogP contribution in [0.3, 0.4) is 0 Å². The molecule has 0 aromatic heterocycles. The lowest BCUT2D eigenvalue weighted by molar-refractivity contribution is -0.189. The van der Waals surface area contributed by atoms with Gasteiger partial charge in [0, 0.05) is 5.92 Å². The van der Waals surface area contributed by atoms with E-state index in [4.69, 9.17) is 14.7 Å². The van der Waals surface area contributed by atoms with Crippen molar-refractivity contribution in [1.82, 2.24) is 0 Å². The molecule has 0 saturated heterocycles. The number of fused-ring (bicyclic) bond motifs is 1. The lowest BCUT2D eigenvalue weighted by Crippen LogP contribution is -2.21. The number of nitriles is 1. The SMILES string of the molecule is CCC1C(C#N)C12OCc1ccccc1CO2. The quantitative estimate of drug-likeness (QED) is 0.743. The van der Waals surface area contributed by atoms with Crippen molar-refractivity contribution in [1.29, 1.82) is 5.26 Å². The Bertz CT molecular complexity index is 450. The summed E-state index contributed by atoms with van der Waals surface area (Å²) >= 11 is 0. The van der Waals surface area contributed by atoms with E-state index in [1.165, 1.54) is 11.1 Å². The molecular formula is C14H15NO2. The Labute approximate surface area is 101 Å². The topological polar surface area (TPSA) is 42.2 Å². The molecule has 0 N–H and O–H groups in total.